The Kier molecular flexibility index (Phi) is 4.22. The molecule has 2 rings (SSSR count). The molecule has 1 aromatic rings. The van der Waals surface area contributed by atoms with Crippen LogP contribution in [0.5, 0.6) is 0 Å². The number of carbonyl (C=O) groups excluding carboxylic acids is 1. The van der Waals surface area contributed by atoms with Crippen LogP contribution in [0.15, 0.2) is 15.7 Å². The quantitative estimate of drug-likeness (QED) is 0.676. The van der Waals surface area contributed by atoms with E-state index >= 15 is 0 Å². The molecule has 1 fully saturated rings. The van der Waals surface area contributed by atoms with Gasteiger partial charge in [0.15, 0.2) is 0 Å². The lowest BCUT2D eigenvalue weighted by atomic mass is 10.4. The molecule has 2 heterocycles. The molecule has 0 aromatic carbocycles. The number of thioether (sulfide) groups is 1. The minimum absolute atomic E-state index is 0.164. The van der Waals surface area contributed by atoms with Crippen molar-refractivity contribution in [3.05, 3.63) is 10.7 Å². The average molecular weight is 317 g/mol. The fourth-order valence-corrected chi connectivity index (χ4v) is 2.98. The molecule has 0 atom stereocenters. The number of halogens is 1. The summed E-state index contributed by atoms with van der Waals surface area (Å²) in [7, 11) is 0. The van der Waals surface area contributed by atoms with Crippen LogP contribution in [0.2, 0.25) is 0 Å². The van der Waals surface area contributed by atoms with Gasteiger partial charge in [0.1, 0.15) is 5.03 Å². The standard InChI is InChI=1S/C10H13BrN4OS/c11-7-5-13-10(12)14-9(7)17-6-8(16)15-3-1-2-4-15/h5H,1-4,6H2,(H2,12,13,14). The zero-order valence-corrected chi connectivity index (χ0v) is 11.6. The number of hydrogen-bond acceptors (Lipinski definition) is 5. The van der Waals surface area contributed by atoms with Crippen LogP contribution in [-0.2, 0) is 4.79 Å². The molecule has 7 heteroatoms. The first-order valence-corrected chi connectivity index (χ1v) is 7.13. The first kappa shape index (κ1) is 12.6. The van der Waals surface area contributed by atoms with Crippen LogP contribution in [0.1, 0.15) is 12.8 Å². The van der Waals surface area contributed by atoms with Crippen molar-refractivity contribution >= 4 is 39.5 Å². The number of hydrogen-bond donors (Lipinski definition) is 1. The van der Waals surface area contributed by atoms with E-state index in [1.807, 2.05) is 4.90 Å². The molecule has 0 spiro atoms. The summed E-state index contributed by atoms with van der Waals surface area (Å²) < 4.78 is 0.769. The summed E-state index contributed by atoms with van der Waals surface area (Å²) >= 11 is 4.72. The SMILES string of the molecule is Nc1ncc(Br)c(SCC(=O)N2CCCC2)n1. The maximum absolute atomic E-state index is 11.8. The van der Waals surface area contributed by atoms with E-state index in [9.17, 15) is 4.79 Å². The van der Waals surface area contributed by atoms with Gasteiger partial charge in [0.25, 0.3) is 0 Å². The number of amides is 1. The second-order valence-corrected chi connectivity index (χ2v) is 5.58. The molecule has 5 nitrogen and oxygen atoms in total. The lowest BCUT2D eigenvalue weighted by Gasteiger charge is -2.14. The van der Waals surface area contributed by atoms with Gasteiger partial charge in [-0.1, -0.05) is 11.8 Å². The maximum Gasteiger partial charge on any atom is 0.232 e. The van der Waals surface area contributed by atoms with Crippen molar-refractivity contribution in [2.75, 3.05) is 24.6 Å². The molecule has 1 aromatic heterocycles. The van der Waals surface area contributed by atoms with Crippen molar-refractivity contribution < 1.29 is 4.79 Å². The highest BCUT2D eigenvalue weighted by molar-refractivity contribution is 9.10. The van der Waals surface area contributed by atoms with E-state index in [-0.39, 0.29) is 11.9 Å². The molecular formula is C10H13BrN4OS. The third kappa shape index (κ3) is 3.32. The van der Waals surface area contributed by atoms with E-state index in [4.69, 9.17) is 5.73 Å². The van der Waals surface area contributed by atoms with Gasteiger partial charge in [0.2, 0.25) is 11.9 Å². The molecule has 0 saturated carbocycles. The smallest absolute Gasteiger partial charge is 0.232 e. The highest BCUT2D eigenvalue weighted by Crippen LogP contribution is 2.25. The van der Waals surface area contributed by atoms with Gasteiger partial charge in [-0.25, -0.2) is 9.97 Å². The number of aromatic nitrogens is 2. The third-order valence-electron chi connectivity index (χ3n) is 2.52. The fraction of sp³-hybridized carbons (Fsp3) is 0.500. The van der Waals surface area contributed by atoms with E-state index < -0.39 is 0 Å². The summed E-state index contributed by atoms with van der Waals surface area (Å²) in [5, 5.41) is 0.713. The first-order valence-electron chi connectivity index (χ1n) is 5.35. The van der Waals surface area contributed by atoms with Gasteiger partial charge in [0.05, 0.1) is 10.2 Å². The van der Waals surface area contributed by atoms with Crippen molar-refractivity contribution in [1.82, 2.24) is 14.9 Å². The number of anilines is 1. The third-order valence-corrected chi connectivity index (χ3v) is 4.34. The Morgan fingerprint density at radius 3 is 2.94 bits per heavy atom. The molecule has 0 unspecified atom stereocenters. The lowest BCUT2D eigenvalue weighted by molar-refractivity contribution is -0.127. The summed E-state index contributed by atoms with van der Waals surface area (Å²) in [4.78, 5) is 21.7. The largest absolute Gasteiger partial charge is 0.368 e. The normalized spacial score (nSPS) is 15.2. The van der Waals surface area contributed by atoms with Crippen molar-refractivity contribution in [2.45, 2.75) is 17.9 Å². The molecule has 1 saturated heterocycles. The molecule has 1 aliphatic rings. The molecule has 0 aliphatic carbocycles. The van der Waals surface area contributed by atoms with Crippen LogP contribution in [0.25, 0.3) is 0 Å². The van der Waals surface area contributed by atoms with Crippen LogP contribution >= 0.6 is 27.7 Å². The van der Waals surface area contributed by atoms with E-state index in [1.54, 1.807) is 6.20 Å². The number of nitrogens with zero attached hydrogens (tertiary/aromatic N) is 3. The second-order valence-electron chi connectivity index (χ2n) is 3.76. The summed E-state index contributed by atoms with van der Waals surface area (Å²) in [5.74, 6) is 0.788. The summed E-state index contributed by atoms with van der Waals surface area (Å²) in [6.07, 6.45) is 3.83. The summed E-state index contributed by atoms with van der Waals surface area (Å²) in [5.41, 5.74) is 5.50. The summed E-state index contributed by atoms with van der Waals surface area (Å²) in [6.45, 7) is 1.76. The molecule has 1 aliphatic heterocycles. The van der Waals surface area contributed by atoms with Crippen molar-refractivity contribution in [1.29, 1.82) is 0 Å². The minimum Gasteiger partial charge on any atom is -0.368 e. The monoisotopic (exact) mass is 316 g/mol. The molecule has 1 amide bonds. The number of nitrogens with two attached hydrogens (primary N) is 1. The molecule has 92 valence electrons. The zero-order valence-electron chi connectivity index (χ0n) is 9.23. The Hall–Kier alpha value is -0.820. The van der Waals surface area contributed by atoms with Crippen molar-refractivity contribution in [2.24, 2.45) is 0 Å². The molecule has 2 N–H and O–H groups in total. The van der Waals surface area contributed by atoms with Gasteiger partial charge in [0, 0.05) is 19.3 Å². The van der Waals surface area contributed by atoms with E-state index in [2.05, 4.69) is 25.9 Å². The second kappa shape index (κ2) is 5.68. The van der Waals surface area contributed by atoms with Gasteiger partial charge in [-0.3, -0.25) is 4.79 Å². The first-order chi connectivity index (χ1) is 8.16. The van der Waals surface area contributed by atoms with Crippen molar-refractivity contribution in [3.63, 3.8) is 0 Å². The number of carbonyl (C=O) groups is 1. The van der Waals surface area contributed by atoms with Gasteiger partial charge in [-0.15, -0.1) is 0 Å². The minimum atomic E-state index is 0.164. The number of nitrogen functional groups attached to an aromatic ring is 1. The lowest BCUT2D eigenvalue weighted by Crippen LogP contribution is -2.29. The Bertz CT molecular complexity index is 423. The van der Waals surface area contributed by atoms with Crippen LogP contribution in [0.4, 0.5) is 5.95 Å². The molecular weight excluding hydrogens is 304 g/mol. The molecule has 17 heavy (non-hydrogen) atoms. The fourth-order valence-electron chi connectivity index (χ4n) is 1.65. The predicted molar refractivity (Wildman–Crippen MR) is 70.7 cm³/mol. The maximum atomic E-state index is 11.8. The average Bonchev–Trinajstić information content (AvgIpc) is 2.83. The van der Waals surface area contributed by atoms with Gasteiger partial charge < -0.3 is 10.6 Å². The number of likely N-dealkylation sites (tertiary alicyclic amines) is 1. The highest BCUT2D eigenvalue weighted by Gasteiger charge is 2.18. The topological polar surface area (TPSA) is 72.1 Å². The van der Waals surface area contributed by atoms with E-state index in [0.717, 1.165) is 30.4 Å². The van der Waals surface area contributed by atoms with Crippen LogP contribution in [0, 0.1) is 0 Å². The summed E-state index contributed by atoms with van der Waals surface area (Å²) in [6, 6.07) is 0. The predicted octanol–water partition coefficient (Wildman–Crippen LogP) is 1.54. The highest BCUT2D eigenvalue weighted by atomic mass is 79.9. The molecule has 0 bridgehead atoms. The van der Waals surface area contributed by atoms with E-state index in [0.29, 0.717) is 10.8 Å². The zero-order chi connectivity index (χ0) is 12.3. The van der Waals surface area contributed by atoms with Crippen LogP contribution in [0.3, 0.4) is 0 Å². The van der Waals surface area contributed by atoms with E-state index in [1.165, 1.54) is 11.8 Å². The Morgan fingerprint density at radius 1 is 1.53 bits per heavy atom. The molecule has 0 radical (unpaired) electrons. The van der Waals surface area contributed by atoms with Crippen LogP contribution < -0.4 is 5.73 Å². The van der Waals surface area contributed by atoms with Crippen LogP contribution in [-0.4, -0.2) is 39.6 Å². The van der Waals surface area contributed by atoms with Gasteiger partial charge >= 0.3 is 0 Å². The van der Waals surface area contributed by atoms with Crippen molar-refractivity contribution in [3.8, 4) is 0 Å². The number of rotatable bonds is 3. The van der Waals surface area contributed by atoms with Gasteiger partial charge in [-0.05, 0) is 28.8 Å². The Labute approximate surface area is 112 Å². The Balaban J connectivity index is 1.92. The Morgan fingerprint density at radius 2 is 2.24 bits per heavy atom. The van der Waals surface area contributed by atoms with Gasteiger partial charge in [-0.2, -0.15) is 0 Å².